The summed E-state index contributed by atoms with van der Waals surface area (Å²) in [5.41, 5.74) is 3.54. The van der Waals surface area contributed by atoms with E-state index < -0.39 is 0 Å². The molecule has 19 heavy (non-hydrogen) atoms. The number of benzene rings is 2. The molecule has 0 amide bonds. The van der Waals surface area contributed by atoms with E-state index in [1.54, 1.807) is 7.11 Å². The van der Waals surface area contributed by atoms with Crippen molar-refractivity contribution in [2.24, 2.45) is 0 Å². The second-order valence-corrected chi connectivity index (χ2v) is 6.01. The Hall–Kier alpha value is -1.000. The van der Waals surface area contributed by atoms with Crippen molar-refractivity contribution in [3.63, 3.8) is 0 Å². The summed E-state index contributed by atoms with van der Waals surface area (Å²) >= 11 is 7.05. The van der Waals surface area contributed by atoms with Gasteiger partial charge in [0.15, 0.2) is 0 Å². The van der Waals surface area contributed by atoms with Gasteiger partial charge in [0.05, 0.1) is 11.6 Å². The highest BCUT2D eigenvalue weighted by Crippen LogP contribution is 2.27. The average Bonchev–Trinajstić information content (AvgIpc) is 2.40. The average molecular weight is 385 g/mol. The molecule has 2 rings (SSSR count). The van der Waals surface area contributed by atoms with E-state index in [0.717, 1.165) is 26.9 Å². The smallest absolute Gasteiger partial charge is 0.133 e. The first-order valence-electron chi connectivity index (χ1n) is 5.92. The Morgan fingerprint density at radius 2 is 1.84 bits per heavy atom. The lowest BCUT2D eigenvalue weighted by molar-refractivity contribution is 0.412. The van der Waals surface area contributed by atoms with Crippen LogP contribution in [0.25, 0.3) is 0 Å². The molecule has 0 aliphatic rings. The van der Waals surface area contributed by atoms with Crippen LogP contribution >= 0.6 is 31.9 Å². The van der Waals surface area contributed by atoms with Gasteiger partial charge in [-0.15, -0.1) is 0 Å². The van der Waals surface area contributed by atoms with Crippen LogP contribution in [0.5, 0.6) is 5.75 Å². The summed E-state index contributed by atoms with van der Waals surface area (Å²) in [5.74, 6) is 0.848. The van der Waals surface area contributed by atoms with Crippen molar-refractivity contribution in [3.8, 4) is 5.75 Å². The summed E-state index contributed by atoms with van der Waals surface area (Å²) in [6.45, 7) is 2.85. The van der Waals surface area contributed by atoms with Gasteiger partial charge in [0.2, 0.25) is 0 Å². The van der Waals surface area contributed by atoms with Crippen molar-refractivity contribution in [3.05, 3.63) is 56.5 Å². The predicted octanol–water partition coefficient (Wildman–Crippen LogP) is 5.14. The normalized spacial score (nSPS) is 10.3. The van der Waals surface area contributed by atoms with Gasteiger partial charge >= 0.3 is 0 Å². The molecule has 0 heterocycles. The van der Waals surface area contributed by atoms with E-state index in [1.165, 1.54) is 11.1 Å². The molecule has 0 saturated heterocycles. The summed E-state index contributed by atoms with van der Waals surface area (Å²) in [5, 5.41) is 3.43. The molecule has 0 fully saturated rings. The largest absolute Gasteiger partial charge is 0.496 e. The monoisotopic (exact) mass is 383 g/mol. The third kappa shape index (κ3) is 3.74. The van der Waals surface area contributed by atoms with Crippen molar-refractivity contribution < 1.29 is 4.74 Å². The highest BCUT2D eigenvalue weighted by atomic mass is 79.9. The molecule has 0 saturated carbocycles. The summed E-state index contributed by atoms with van der Waals surface area (Å²) in [6.07, 6.45) is 0. The van der Waals surface area contributed by atoms with Gasteiger partial charge in [0, 0.05) is 16.7 Å². The molecule has 1 N–H and O–H groups in total. The second kappa shape index (κ2) is 6.44. The van der Waals surface area contributed by atoms with Crippen molar-refractivity contribution >= 4 is 37.5 Å². The maximum Gasteiger partial charge on any atom is 0.133 e. The van der Waals surface area contributed by atoms with E-state index >= 15 is 0 Å². The van der Waals surface area contributed by atoms with E-state index in [9.17, 15) is 0 Å². The zero-order valence-corrected chi connectivity index (χ0v) is 14.0. The van der Waals surface area contributed by atoms with E-state index in [4.69, 9.17) is 4.74 Å². The van der Waals surface area contributed by atoms with Gasteiger partial charge in [-0.3, -0.25) is 0 Å². The molecule has 2 aromatic rings. The lowest BCUT2D eigenvalue weighted by Crippen LogP contribution is -2.00. The molecular weight excluding hydrogens is 370 g/mol. The molecule has 0 aliphatic heterocycles. The Morgan fingerprint density at radius 1 is 1.05 bits per heavy atom. The Labute approximate surface area is 130 Å². The first kappa shape index (κ1) is 14.4. The van der Waals surface area contributed by atoms with Crippen LogP contribution in [0.2, 0.25) is 0 Å². The van der Waals surface area contributed by atoms with Crippen LogP contribution in [0.3, 0.4) is 0 Å². The van der Waals surface area contributed by atoms with Gasteiger partial charge in [-0.2, -0.15) is 0 Å². The highest BCUT2D eigenvalue weighted by Gasteiger charge is 2.03. The van der Waals surface area contributed by atoms with E-state index in [0.29, 0.717) is 0 Å². The van der Waals surface area contributed by atoms with Gasteiger partial charge in [-0.05, 0) is 74.2 Å². The Balaban J connectivity index is 2.10. The molecule has 0 aromatic heterocycles. The fraction of sp³-hybridized carbons (Fsp3) is 0.200. The van der Waals surface area contributed by atoms with Crippen LogP contribution in [0.15, 0.2) is 45.3 Å². The van der Waals surface area contributed by atoms with Gasteiger partial charge in [0.1, 0.15) is 5.75 Å². The lowest BCUT2D eigenvalue weighted by Gasteiger charge is -2.11. The minimum atomic E-state index is 0.768. The summed E-state index contributed by atoms with van der Waals surface area (Å²) in [7, 11) is 1.67. The van der Waals surface area contributed by atoms with Gasteiger partial charge in [0.25, 0.3) is 0 Å². The Morgan fingerprint density at radius 3 is 2.53 bits per heavy atom. The zero-order valence-electron chi connectivity index (χ0n) is 10.8. The number of anilines is 1. The number of aryl methyl sites for hydroxylation is 1. The molecule has 0 spiro atoms. The number of hydrogen-bond acceptors (Lipinski definition) is 2. The number of hydrogen-bond donors (Lipinski definition) is 1. The Bertz CT molecular complexity index is 584. The fourth-order valence-electron chi connectivity index (χ4n) is 1.79. The molecule has 0 bridgehead atoms. The molecule has 2 nitrogen and oxygen atoms in total. The van der Waals surface area contributed by atoms with Gasteiger partial charge < -0.3 is 10.1 Å². The molecular formula is C15H15Br2NO. The number of nitrogens with one attached hydrogen (secondary N) is 1. The Kier molecular flexibility index (Phi) is 4.88. The molecule has 0 unspecified atom stereocenters. The van der Waals surface area contributed by atoms with Crippen molar-refractivity contribution in [2.45, 2.75) is 13.5 Å². The summed E-state index contributed by atoms with van der Waals surface area (Å²) in [4.78, 5) is 0. The van der Waals surface area contributed by atoms with E-state index in [2.05, 4.69) is 74.4 Å². The number of halogens is 2. The van der Waals surface area contributed by atoms with Crippen molar-refractivity contribution in [1.29, 1.82) is 0 Å². The van der Waals surface area contributed by atoms with E-state index in [1.807, 2.05) is 6.07 Å². The topological polar surface area (TPSA) is 21.3 Å². The first-order valence-corrected chi connectivity index (χ1v) is 7.51. The summed E-state index contributed by atoms with van der Waals surface area (Å²) < 4.78 is 7.27. The summed E-state index contributed by atoms with van der Waals surface area (Å²) in [6, 6.07) is 12.4. The number of methoxy groups -OCH3 is 1. The van der Waals surface area contributed by atoms with Crippen LogP contribution in [-0.2, 0) is 6.54 Å². The maximum atomic E-state index is 5.22. The molecule has 0 aliphatic carbocycles. The van der Waals surface area contributed by atoms with Crippen LogP contribution in [0, 0.1) is 6.92 Å². The third-order valence-electron chi connectivity index (χ3n) is 2.82. The van der Waals surface area contributed by atoms with Crippen molar-refractivity contribution in [2.75, 3.05) is 12.4 Å². The standard InChI is InChI=1S/C15H15Br2NO/c1-10-3-5-12(16)14(7-10)18-9-11-4-6-15(19-2)13(17)8-11/h3-8,18H,9H2,1-2H3. The first-order chi connectivity index (χ1) is 9.10. The van der Waals surface area contributed by atoms with Crippen LogP contribution in [0.4, 0.5) is 5.69 Å². The quantitative estimate of drug-likeness (QED) is 0.787. The van der Waals surface area contributed by atoms with E-state index in [-0.39, 0.29) is 0 Å². The van der Waals surface area contributed by atoms with Gasteiger partial charge in [-0.1, -0.05) is 12.1 Å². The van der Waals surface area contributed by atoms with Crippen LogP contribution in [-0.4, -0.2) is 7.11 Å². The predicted molar refractivity (Wildman–Crippen MR) is 86.9 cm³/mol. The zero-order chi connectivity index (χ0) is 13.8. The molecule has 4 heteroatoms. The number of rotatable bonds is 4. The lowest BCUT2D eigenvalue weighted by atomic mass is 10.2. The third-order valence-corrected chi connectivity index (χ3v) is 4.13. The maximum absolute atomic E-state index is 5.22. The second-order valence-electron chi connectivity index (χ2n) is 4.31. The highest BCUT2D eigenvalue weighted by molar-refractivity contribution is 9.11. The fourth-order valence-corrected chi connectivity index (χ4v) is 2.77. The molecule has 2 aromatic carbocycles. The van der Waals surface area contributed by atoms with Crippen LogP contribution < -0.4 is 10.1 Å². The molecule has 0 radical (unpaired) electrons. The van der Waals surface area contributed by atoms with Gasteiger partial charge in [-0.25, -0.2) is 0 Å². The van der Waals surface area contributed by atoms with Crippen LogP contribution in [0.1, 0.15) is 11.1 Å². The van der Waals surface area contributed by atoms with Crippen molar-refractivity contribution in [1.82, 2.24) is 0 Å². The number of ether oxygens (including phenoxy) is 1. The molecule has 0 atom stereocenters. The molecule has 100 valence electrons. The minimum absolute atomic E-state index is 0.768. The SMILES string of the molecule is COc1ccc(CNc2cc(C)ccc2Br)cc1Br. The minimum Gasteiger partial charge on any atom is -0.496 e.